The fourth-order valence-corrected chi connectivity index (χ4v) is 1.72. The fraction of sp³-hybridized carbons (Fsp3) is 0.538. The quantitative estimate of drug-likeness (QED) is 0.175. The van der Waals surface area contributed by atoms with E-state index in [9.17, 15) is 28.8 Å². The summed E-state index contributed by atoms with van der Waals surface area (Å²) in [5.41, 5.74) is 9.96. The number of rotatable bonds is 12. The average Bonchev–Trinajstić information content (AvgIpc) is 2.54. The molecule has 0 heterocycles. The molecular formula is C13H21N5O8. The van der Waals surface area contributed by atoms with Gasteiger partial charge in [0.25, 0.3) is 0 Å². The van der Waals surface area contributed by atoms with Gasteiger partial charge in [-0.3, -0.25) is 24.0 Å². The maximum atomic E-state index is 11.9. The van der Waals surface area contributed by atoms with Crippen molar-refractivity contribution in [2.45, 2.75) is 31.3 Å². The van der Waals surface area contributed by atoms with E-state index in [0.717, 1.165) is 0 Å². The first-order valence-corrected chi connectivity index (χ1v) is 7.36. The second-order valence-corrected chi connectivity index (χ2v) is 5.10. The number of nitrogens with one attached hydrogen (secondary N) is 3. The molecule has 0 fully saturated rings. The zero-order valence-electron chi connectivity index (χ0n) is 13.7. The Morgan fingerprint density at radius 1 is 0.923 bits per heavy atom. The number of hydrogen-bond acceptors (Lipinski definition) is 7. The largest absolute Gasteiger partial charge is 0.481 e. The Morgan fingerprint density at radius 2 is 1.50 bits per heavy atom. The van der Waals surface area contributed by atoms with Crippen LogP contribution in [0.25, 0.3) is 0 Å². The summed E-state index contributed by atoms with van der Waals surface area (Å²) in [6, 6.07) is -2.85. The molecule has 0 aromatic heterocycles. The molecule has 13 heteroatoms. The van der Waals surface area contributed by atoms with E-state index < -0.39 is 67.2 Å². The molecule has 146 valence electrons. The van der Waals surface area contributed by atoms with Crippen LogP contribution in [0, 0.1) is 0 Å². The van der Waals surface area contributed by atoms with Crippen molar-refractivity contribution in [2.75, 3.05) is 13.1 Å². The van der Waals surface area contributed by atoms with Crippen LogP contribution in [-0.4, -0.2) is 71.0 Å². The van der Waals surface area contributed by atoms with E-state index in [0.29, 0.717) is 0 Å². The first kappa shape index (κ1) is 22.8. The molecule has 0 aliphatic rings. The molecule has 2 atom stereocenters. The summed E-state index contributed by atoms with van der Waals surface area (Å²) in [6.45, 7) is -1.14. The molecular weight excluding hydrogens is 354 g/mol. The number of carboxylic acid groups (broad SMARTS) is 2. The third-order valence-electron chi connectivity index (χ3n) is 2.95. The maximum Gasteiger partial charge on any atom is 0.326 e. The summed E-state index contributed by atoms with van der Waals surface area (Å²) in [6.07, 6.45) is -1.25. The maximum absolute atomic E-state index is 11.9. The van der Waals surface area contributed by atoms with E-state index in [-0.39, 0.29) is 12.8 Å². The Balaban J connectivity index is 4.65. The Hall–Kier alpha value is -3.22. The van der Waals surface area contributed by atoms with E-state index >= 15 is 0 Å². The molecule has 0 bridgehead atoms. The molecule has 0 rings (SSSR count). The number of carboxylic acids is 2. The monoisotopic (exact) mass is 375 g/mol. The van der Waals surface area contributed by atoms with Gasteiger partial charge in [0.2, 0.25) is 23.6 Å². The second-order valence-electron chi connectivity index (χ2n) is 5.10. The van der Waals surface area contributed by atoms with Gasteiger partial charge in [0.1, 0.15) is 12.1 Å². The number of carbonyl (C=O) groups excluding carboxylic acids is 4. The standard InChI is InChI=1S/C13H21N5O8/c14-4-9(20)18-7(3-11(22)23)12(24)16-5-10(21)17-6(13(25)26)1-2-8(15)19/h6-7H,1-5,14H2,(H2,15,19)(H,16,24)(H,17,21)(H,18,20)(H,22,23)(H,25,26). The normalized spacial score (nSPS) is 12.3. The second kappa shape index (κ2) is 11.4. The molecule has 0 saturated heterocycles. The van der Waals surface area contributed by atoms with Crippen LogP contribution in [0.15, 0.2) is 0 Å². The van der Waals surface area contributed by atoms with Crippen molar-refractivity contribution in [1.29, 1.82) is 0 Å². The van der Waals surface area contributed by atoms with E-state index in [4.69, 9.17) is 21.7 Å². The molecule has 2 unspecified atom stereocenters. The van der Waals surface area contributed by atoms with Crippen LogP contribution >= 0.6 is 0 Å². The van der Waals surface area contributed by atoms with Crippen molar-refractivity contribution < 1.29 is 39.0 Å². The van der Waals surface area contributed by atoms with Gasteiger partial charge in [-0.05, 0) is 6.42 Å². The Morgan fingerprint density at radius 3 is 1.96 bits per heavy atom. The third kappa shape index (κ3) is 9.82. The first-order chi connectivity index (χ1) is 12.1. The molecule has 0 radical (unpaired) electrons. The molecule has 0 aromatic rings. The minimum Gasteiger partial charge on any atom is -0.481 e. The van der Waals surface area contributed by atoms with Gasteiger partial charge in [-0.2, -0.15) is 0 Å². The highest BCUT2D eigenvalue weighted by atomic mass is 16.4. The lowest BCUT2D eigenvalue weighted by Gasteiger charge is -2.17. The van der Waals surface area contributed by atoms with Crippen LogP contribution in [0.3, 0.4) is 0 Å². The number of amides is 4. The molecule has 13 nitrogen and oxygen atoms in total. The van der Waals surface area contributed by atoms with Crippen molar-refractivity contribution >= 4 is 35.6 Å². The summed E-state index contributed by atoms with van der Waals surface area (Å²) < 4.78 is 0. The Labute approximate surface area is 147 Å². The van der Waals surface area contributed by atoms with E-state index in [2.05, 4.69) is 16.0 Å². The van der Waals surface area contributed by atoms with Crippen molar-refractivity contribution in [3.05, 3.63) is 0 Å². The Kier molecular flexibility index (Phi) is 9.95. The van der Waals surface area contributed by atoms with Crippen LogP contribution in [0.1, 0.15) is 19.3 Å². The van der Waals surface area contributed by atoms with Crippen LogP contribution in [0.2, 0.25) is 0 Å². The topological polar surface area (TPSA) is 231 Å². The number of carbonyl (C=O) groups is 6. The van der Waals surface area contributed by atoms with Crippen molar-refractivity contribution in [3.63, 3.8) is 0 Å². The highest BCUT2D eigenvalue weighted by Crippen LogP contribution is 1.97. The lowest BCUT2D eigenvalue weighted by molar-refractivity contribution is -0.142. The zero-order chi connectivity index (χ0) is 20.3. The summed E-state index contributed by atoms with van der Waals surface area (Å²) >= 11 is 0. The van der Waals surface area contributed by atoms with Gasteiger partial charge in [-0.25, -0.2) is 4.79 Å². The van der Waals surface area contributed by atoms with Crippen molar-refractivity contribution in [1.82, 2.24) is 16.0 Å². The summed E-state index contributed by atoms with van der Waals surface area (Å²) in [4.78, 5) is 67.2. The molecule has 0 aromatic carbocycles. The van der Waals surface area contributed by atoms with E-state index in [1.165, 1.54) is 0 Å². The molecule has 0 spiro atoms. The summed E-state index contributed by atoms with van der Waals surface area (Å²) in [7, 11) is 0. The molecule has 4 amide bonds. The van der Waals surface area contributed by atoms with Crippen LogP contribution < -0.4 is 27.4 Å². The van der Waals surface area contributed by atoms with Crippen LogP contribution in [0.4, 0.5) is 0 Å². The number of aliphatic carboxylic acids is 2. The minimum atomic E-state index is -1.46. The molecule has 9 N–H and O–H groups in total. The number of primary amides is 1. The Bertz CT molecular complexity index is 579. The number of nitrogens with two attached hydrogens (primary N) is 2. The summed E-state index contributed by atoms with van der Waals surface area (Å²) in [5, 5.41) is 23.9. The highest BCUT2D eigenvalue weighted by Gasteiger charge is 2.25. The number of hydrogen-bond donors (Lipinski definition) is 7. The van der Waals surface area contributed by atoms with Gasteiger partial charge in [0, 0.05) is 6.42 Å². The smallest absolute Gasteiger partial charge is 0.326 e. The van der Waals surface area contributed by atoms with Crippen LogP contribution in [0.5, 0.6) is 0 Å². The van der Waals surface area contributed by atoms with Gasteiger partial charge >= 0.3 is 11.9 Å². The zero-order valence-corrected chi connectivity index (χ0v) is 13.7. The molecule has 26 heavy (non-hydrogen) atoms. The highest BCUT2D eigenvalue weighted by molar-refractivity contribution is 5.93. The first-order valence-electron chi connectivity index (χ1n) is 7.36. The van der Waals surface area contributed by atoms with Gasteiger partial charge < -0.3 is 37.6 Å². The predicted octanol–water partition coefficient (Wildman–Crippen LogP) is -4.14. The molecule has 0 aliphatic heterocycles. The van der Waals surface area contributed by atoms with Crippen molar-refractivity contribution in [2.24, 2.45) is 11.5 Å². The van der Waals surface area contributed by atoms with Gasteiger partial charge in [0.05, 0.1) is 19.5 Å². The lowest BCUT2D eigenvalue weighted by atomic mass is 10.1. The fourth-order valence-electron chi connectivity index (χ4n) is 1.72. The molecule has 0 saturated carbocycles. The summed E-state index contributed by atoms with van der Waals surface area (Å²) in [5.74, 6) is -6.14. The predicted molar refractivity (Wildman–Crippen MR) is 84.2 cm³/mol. The van der Waals surface area contributed by atoms with E-state index in [1.54, 1.807) is 0 Å². The van der Waals surface area contributed by atoms with Gasteiger partial charge in [0.15, 0.2) is 0 Å². The van der Waals surface area contributed by atoms with Crippen molar-refractivity contribution in [3.8, 4) is 0 Å². The molecule has 0 aliphatic carbocycles. The third-order valence-corrected chi connectivity index (χ3v) is 2.95. The lowest BCUT2D eigenvalue weighted by Crippen LogP contribution is -2.52. The van der Waals surface area contributed by atoms with Gasteiger partial charge in [-0.1, -0.05) is 0 Å². The van der Waals surface area contributed by atoms with Crippen LogP contribution in [-0.2, 0) is 28.8 Å². The SMILES string of the molecule is NCC(=O)NC(CC(=O)O)C(=O)NCC(=O)NC(CCC(N)=O)C(=O)O. The van der Waals surface area contributed by atoms with E-state index in [1.807, 2.05) is 0 Å². The average molecular weight is 375 g/mol. The minimum absolute atomic E-state index is 0.238. The van der Waals surface area contributed by atoms with Gasteiger partial charge in [-0.15, -0.1) is 0 Å².